The van der Waals surface area contributed by atoms with Crippen molar-refractivity contribution in [2.24, 2.45) is 0 Å². The molecule has 2 rings (SSSR count). The van der Waals surface area contributed by atoms with Crippen molar-refractivity contribution < 1.29 is 14.8 Å². The molecule has 0 heterocycles. The molecule has 0 aliphatic heterocycles. The van der Waals surface area contributed by atoms with Gasteiger partial charge in [0.15, 0.2) is 0 Å². The van der Waals surface area contributed by atoms with E-state index in [1.807, 2.05) is 6.07 Å². The lowest BCUT2D eigenvalue weighted by Crippen LogP contribution is -2.01. The van der Waals surface area contributed by atoms with Gasteiger partial charge in [-0.05, 0) is 30.3 Å². The van der Waals surface area contributed by atoms with E-state index < -0.39 is 4.92 Å². The van der Waals surface area contributed by atoms with Crippen LogP contribution in [0.2, 0.25) is 0 Å². The first-order chi connectivity index (χ1) is 10.6. The van der Waals surface area contributed by atoms with Gasteiger partial charge in [0.1, 0.15) is 18.4 Å². The van der Waals surface area contributed by atoms with E-state index in [-0.39, 0.29) is 18.9 Å². The first kappa shape index (κ1) is 15.3. The number of non-ortho nitro benzene ring substituents is 1. The highest BCUT2D eigenvalue weighted by Crippen LogP contribution is 2.26. The van der Waals surface area contributed by atoms with Crippen LogP contribution in [0.5, 0.6) is 5.75 Å². The van der Waals surface area contributed by atoms with Crippen molar-refractivity contribution in [3.05, 3.63) is 58.1 Å². The van der Waals surface area contributed by atoms with Crippen molar-refractivity contribution in [2.75, 3.05) is 18.5 Å². The highest BCUT2D eigenvalue weighted by atomic mass is 16.6. The zero-order valence-corrected chi connectivity index (χ0v) is 11.5. The van der Waals surface area contributed by atoms with Crippen LogP contribution >= 0.6 is 0 Å². The van der Waals surface area contributed by atoms with E-state index in [0.717, 1.165) is 0 Å². The fourth-order valence-electron chi connectivity index (χ4n) is 1.80. The van der Waals surface area contributed by atoms with Gasteiger partial charge in [0.25, 0.3) is 5.69 Å². The fourth-order valence-corrected chi connectivity index (χ4v) is 1.80. The Morgan fingerprint density at radius 3 is 2.59 bits per heavy atom. The Hall–Kier alpha value is -3.11. The second-order valence-electron chi connectivity index (χ2n) is 4.32. The lowest BCUT2D eigenvalue weighted by atomic mass is 10.1. The number of hydrogen-bond acceptors (Lipinski definition) is 6. The Morgan fingerprint density at radius 2 is 2.00 bits per heavy atom. The SMILES string of the molecule is N#Cc1ccc([N+](=O)[O-])cc1Nc1ccc(OCCO)cc1. The van der Waals surface area contributed by atoms with Gasteiger partial charge in [-0.25, -0.2) is 0 Å². The average molecular weight is 299 g/mol. The predicted octanol–water partition coefficient (Wildman–Crippen LogP) is 2.58. The Kier molecular flexibility index (Phi) is 4.90. The molecule has 0 unspecified atom stereocenters. The molecular formula is C15H13N3O4. The van der Waals surface area contributed by atoms with Crippen molar-refractivity contribution in [2.45, 2.75) is 0 Å². The van der Waals surface area contributed by atoms with E-state index in [0.29, 0.717) is 22.7 Å². The average Bonchev–Trinajstić information content (AvgIpc) is 2.54. The van der Waals surface area contributed by atoms with Crippen LogP contribution in [-0.2, 0) is 0 Å². The lowest BCUT2D eigenvalue weighted by Gasteiger charge is -2.09. The van der Waals surface area contributed by atoms with Crippen LogP contribution in [0.25, 0.3) is 0 Å². The maximum absolute atomic E-state index is 10.8. The number of benzene rings is 2. The zero-order valence-electron chi connectivity index (χ0n) is 11.5. The molecule has 7 heteroatoms. The molecule has 0 saturated carbocycles. The number of hydrogen-bond donors (Lipinski definition) is 2. The Bertz CT molecular complexity index is 708. The monoisotopic (exact) mass is 299 g/mol. The molecule has 7 nitrogen and oxygen atoms in total. The van der Waals surface area contributed by atoms with Gasteiger partial charge in [-0.2, -0.15) is 5.26 Å². The number of nitriles is 1. The Balaban J connectivity index is 2.21. The standard InChI is InChI=1S/C15H13N3O4/c16-10-11-1-4-13(18(20)21)9-15(11)17-12-2-5-14(6-3-12)22-8-7-19/h1-6,9,17,19H,7-8H2. The number of ether oxygens (including phenoxy) is 1. The normalized spacial score (nSPS) is 9.82. The highest BCUT2D eigenvalue weighted by Gasteiger charge is 2.11. The molecule has 0 aliphatic rings. The van der Waals surface area contributed by atoms with Crippen LogP contribution in [0.3, 0.4) is 0 Å². The summed E-state index contributed by atoms with van der Waals surface area (Å²) in [7, 11) is 0. The van der Waals surface area contributed by atoms with Gasteiger partial charge in [0.2, 0.25) is 0 Å². The maximum Gasteiger partial charge on any atom is 0.271 e. The molecule has 0 atom stereocenters. The Morgan fingerprint density at radius 1 is 1.27 bits per heavy atom. The quantitative estimate of drug-likeness (QED) is 0.627. The van der Waals surface area contributed by atoms with Gasteiger partial charge < -0.3 is 15.2 Å². The largest absolute Gasteiger partial charge is 0.491 e. The fraction of sp³-hybridized carbons (Fsp3) is 0.133. The molecule has 2 N–H and O–H groups in total. The Labute approximate surface area is 126 Å². The number of aliphatic hydroxyl groups excluding tert-OH is 1. The van der Waals surface area contributed by atoms with Crippen molar-refractivity contribution in [3.8, 4) is 11.8 Å². The second-order valence-corrected chi connectivity index (χ2v) is 4.32. The van der Waals surface area contributed by atoms with Crippen molar-refractivity contribution in [1.29, 1.82) is 5.26 Å². The molecule has 0 saturated heterocycles. The van der Waals surface area contributed by atoms with Crippen LogP contribution in [0.4, 0.5) is 17.1 Å². The molecule has 112 valence electrons. The van der Waals surface area contributed by atoms with Gasteiger partial charge in [-0.1, -0.05) is 0 Å². The molecule has 0 fully saturated rings. The number of nitro benzene ring substituents is 1. The predicted molar refractivity (Wildman–Crippen MR) is 80.1 cm³/mol. The summed E-state index contributed by atoms with van der Waals surface area (Å²) in [5.74, 6) is 0.596. The van der Waals surface area contributed by atoms with Gasteiger partial charge in [0, 0.05) is 17.8 Å². The van der Waals surface area contributed by atoms with E-state index >= 15 is 0 Å². The lowest BCUT2D eigenvalue weighted by molar-refractivity contribution is -0.384. The van der Waals surface area contributed by atoms with Crippen LogP contribution in [0.1, 0.15) is 5.56 Å². The van der Waals surface area contributed by atoms with Crippen molar-refractivity contribution in [3.63, 3.8) is 0 Å². The molecule has 0 spiro atoms. The van der Waals surface area contributed by atoms with Crippen LogP contribution in [-0.4, -0.2) is 23.2 Å². The summed E-state index contributed by atoms with van der Waals surface area (Å²) in [5, 5.41) is 31.5. The van der Waals surface area contributed by atoms with E-state index in [9.17, 15) is 10.1 Å². The van der Waals surface area contributed by atoms with Crippen LogP contribution in [0, 0.1) is 21.4 Å². The number of rotatable bonds is 6. The number of nitrogens with zero attached hydrogens (tertiary/aromatic N) is 2. The highest BCUT2D eigenvalue weighted by molar-refractivity contribution is 5.69. The van der Waals surface area contributed by atoms with E-state index in [4.69, 9.17) is 15.1 Å². The van der Waals surface area contributed by atoms with E-state index in [2.05, 4.69) is 5.32 Å². The number of anilines is 2. The first-order valence-electron chi connectivity index (χ1n) is 6.43. The summed E-state index contributed by atoms with van der Waals surface area (Å²) in [4.78, 5) is 10.3. The summed E-state index contributed by atoms with van der Waals surface area (Å²) >= 11 is 0. The van der Waals surface area contributed by atoms with Crippen molar-refractivity contribution in [1.82, 2.24) is 0 Å². The van der Waals surface area contributed by atoms with Gasteiger partial charge in [0.05, 0.1) is 22.8 Å². The summed E-state index contributed by atoms with van der Waals surface area (Å²) < 4.78 is 5.24. The third-order valence-electron chi connectivity index (χ3n) is 2.83. The second kappa shape index (κ2) is 7.06. The minimum Gasteiger partial charge on any atom is -0.491 e. The molecule has 0 amide bonds. The van der Waals surface area contributed by atoms with Crippen molar-refractivity contribution >= 4 is 17.1 Å². The van der Waals surface area contributed by atoms with Gasteiger partial charge in [-0.3, -0.25) is 10.1 Å². The molecule has 2 aromatic carbocycles. The van der Waals surface area contributed by atoms with Crippen LogP contribution < -0.4 is 10.1 Å². The molecule has 0 aliphatic carbocycles. The molecule has 0 bridgehead atoms. The zero-order chi connectivity index (χ0) is 15.9. The summed E-state index contributed by atoms with van der Waals surface area (Å²) in [5.41, 5.74) is 1.24. The summed E-state index contributed by atoms with van der Waals surface area (Å²) in [6.45, 7) is 0.134. The molecule has 2 aromatic rings. The van der Waals surface area contributed by atoms with Gasteiger partial charge >= 0.3 is 0 Å². The topological polar surface area (TPSA) is 108 Å². The third-order valence-corrected chi connectivity index (χ3v) is 2.83. The molecule has 22 heavy (non-hydrogen) atoms. The van der Waals surface area contributed by atoms with E-state index in [1.165, 1.54) is 18.2 Å². The molecule has 0 aromatic heterocycles. The maximum atomic E-state index is 10.8. The van der Waals surface area contributed by atoms with E-state index in [1.54, 1.807) is 24.3 Å². The summed E-state index contributed by atoms with van der Waals surface area (Å²) in [6, 6.07) is 12.8. The van der Waals surface area contributed by atoms with Crippen LogP contribution in [0.15, 0.2) is 42.5 Å². The summed E-state index contributed by atoms with van der Waals surface area (Å²) in [6.07, 6.45) is 0. The number of nitro groups is 1. The molecule has 0 radical (unpaired) electrons. The molecular weight excluding hydrogens is 286 g/mol. The third kappa shape index (κ3) is 3.71. The minimum atomic E-state index is -0.516. The first-order valence-corrected chi connectivity index (χ1v) is 6.43. The smallest absolute Gasteiger partial charge is 0.271 e. The number of aliphatic hydroxyl groups is 1. The van der Waals surface area contributed by atoms with Gasteiger partial charge in [-0.15, -0.1) is 0 Å². The minimum absolute atomic E-state index is 0.0702. The number of nitrogens with one attached hydrogen (secondary N) is 1.